The molecule has 2 rings (SSSR count). The maximum Gasteiger partial charge on any atom is 0.203 e. The van der Waals surface area contributed by atoms with Crippen LogP contribution in [0.4, 0.5) is 0 Å². The molecule has 0 spiro atoms. The van der Waals surface area contributed by atoms with Gasteiger partial charge >= 0.3 is 0 Å². The minimum Gasteiger partial charge on any atom is -0.493 e. The summed E-state index contributed by atoms with van der Waals surface area (Å²) in [4.78, 5) is 0. The Kier molecular flexibility index (Phi) is 10.5. The monoisotopic (exact) mass is 422 g/mol. The number of hydrogen-bond acceptors (Lipinski definition) is 8. The number of ether oxygens (including phenoxy) is 8. The molecule has 0 aromatic heterocycles. The summed E-state index contributed by atoms with van der Waals surface area (Å²) in [7, 11) is 6.35. The first-order chi connectivity index (χ1) is 14.7. The lowest BCUT2D eigenvalue weighted by Crippen LogP contribution is -2.14. The Hall–Kier alpha value is -2.84. The lowest BCUT2D eigenvalue weighted by atomic mass is 10.3. The lowest BCUT2D eigenvalue weighted by Gasteiger charge is -2.14. The Bertz CT molecular complexity index is 642. The summed E-state index contributed by atoms with van der Waals surface area (Å²) < 4.78 is 43.7. The topological polar surface area (TPSA) is 73.8 Å². The number of methoxy groups -OCH3 is 4. The molecule has 8 nitrogen and oxygen atoms in total. The fourth-order valence-corrected chi connectivity index (χ4v) is 2.65. The fourth-order valence-electron chi connectivity index (χ4n) is 2.65. The summed E-state index contributed by atoms with van der Waals surface area (Å²) in [6, 6.07) is 10.9. The van der Waals surface area contributed by atoms with Crippen LogP contribution in [0.2, 0.25) is 0 Å². The Labute approximate surface area is 177 Å². The number of para-hydroxylation sites is 2. The highest BCUT2D eigenvalue weighted by molar-refractivity contribution is 5.51. The van der Waals surface area contributed by atoms with Crippen LogP contribution in [0.25, 0.3) is 0 Å². The zero-order chi connectivity index (χ0) is 21.6. The van der Waals surface area contributed by atoms with Crippen LogP contribution in [0, 0.1) is 0 Å². The maximum absolute atomic E-state index is 5.73. The molecule has 0 amide bonds. The lowest BCUT2D eigenvalue weighted by molar-refractivity contribution is 0.0264. The third-order valence-electron chi connectivity index (χ3n) is 4.09. The highest BCUT2D eigenvalue weighted by atomic mass is 16.6. The Morgan fingerprint density at radius 1 is 0.467 bits per heavy atom. The van der Waals surface area contributed by atoms with Gasteiger partial charge in [-0.2, -0.15) is 0 Å². The van der Waals surface area contributed by atoms with Gasteiger partial charge in [0.25, 0.3) is 0 Å². The van der Waals surface area contributed by atoms with Gasteiger partial charge in [-0.1, -0.05) is 12.1 Å². The van der Waals surface area contributed by atoms with Crippen molar-refractivity contribution < 1.29 is 37.9 Å². The Balaban J connectivity index is 1.59. The van der Waals surface area contributed by atoms with Gasteiger partial charge in [0.1, 0.15) is 13.2 Å². The molecule has 8 heteroatoms. The smallest absolute Gasteiger partial charge is 0.203 e. The van der Waals surface area contributed by atoms with Gasteiger partial charge in [0.15, 0.2) is 23.0 Å². The van der Waals surface area contributed by atoms with Gasteiger partial charge in [-0.25, -0.2) is 0 Å². The van der Waals surface area contributed by atoms with Crippen molar-refractivity contribution in [3.63, 3.8) is 0 Å². The second-order valence-electron chi connectivity index (χ2n) is 5.90. The van der Waals surface area contributed by atoms with E-state index in [1.807, 2.05) is 36.4 Å². The first-order valence-corrected chi connectivity index (χ1v) is 9.58. The molecular weight excluding hydrogens is 392 g/mol. The van der Waals surface area contributed by atoms with Crippen LogP contribution in [0.1, 0.15) is 0 Å². The van der Waals surface area contributed by atoms with Crippen LogP contribution < -0.4 is 28.4 Å². The van der Waals surface area contributed by atoms with Gasteiger partial charge in [-0.05, 0) is 24.3 Å². The summed E-state index contributed by atoms with van der Waals surface area (Å²) in [5.41, 5.74) is 0. The normalized spacial score (nSPS) is 10.4. The standard InChI is InChI=1S/C22H30O8/c1-23-17-7-5-8-18(24-2)21(17)29-15-13-27-11-12-28-14-16-30-22-19(25-3)9-6-10-20(22)26-4/h5-10H,11-16H2,1-4H3. The quantitative estimate of drug-likeness (QED) is 0.405. The van der Waals surface area contributed by atoms with Crippen molar-refractivity contribution >= 4 is 0 Å². The summed E-state index contributed by atoms with van der Waals surface area (Å²) in [6.45, 7) is 2.47. The van der Waals surface area contributed by atoms with E-state index < -0.39 is 0 Å². The van der Waals surface area contributed by atoms with Crippen molar-refractivity contribution in [3.05, 3.63) is 36.4 Å². The van der Waals surface area contributed by atoms with Gasteiger partial charge in [-0.15, -0.1) is 0 Å². The highest BCUT2D eigenvalue weighted by Gasteiger charge is 2.12. The van der Waals surface area contributed by atoms with Gasteiger partial charge in [0.05, 0.1) is 54.9 Å². The summed E-state index contributed by atoms with van der Waals surface area (Å²) in [5.74, 6) is 3.58. The molecule has 0 N–H and O–H groups in total. The van der Waals surface area contributed by atoms with Crippen molar-refractivity contribution in [2.75, 3.05) is 68.1 Å². The zero-order valence-corrected chi connectivity index (χ0v) is 18.0. The summed E-state index contributed by atoms with van der Waals surface area (Å²) in [5, 5.41) is 0. The van der Waals surface area contributed by atoms with Crippen LogP contribution in [-0.4, -0.2) is 68.1 Å². The first-order valence-electron chi connectivity index (χ1n) is 9.58. The van der Waals surface area contributed by atoms with Crippen LogP contribution in [0.3, 0.4) is 0 Å². The largest absolute Gasteiger partial charge is 0.493 e. The SMILES string of the molecule is COc1cccc(OC)c1OCCOCCOCCOc1c(OC)cccc1OC. The van der Waals surface area contributed by atoms with E-state index in [9.17, 15) is 0 Å². The molecule has 2 aromatic rings. The van der Waals surface area contributed by atoms with Gasteiger partial charge < -0.3 is 37.9 Å². The van der Waals surface area contributed by atoms with Gasteiger partial charge in [0.2, 0.25) is 11.5 Å². The first kappa shape index (κ1) is 23.4. The fraction of sp³-hybridized carbons (Fsp3) is 0.455. The molecule has 0 atom stereocenters. The van der Waals surface area contributed by atoms with E-state index in [2.05, 4.69) is 0 Å². The Morgan fingerprint density at radius 2 is 0.767 bits per heavy atom. The van der Waals surface area contributed by atoms with Crippen LogP contribution in [-0.2, 0) is 9.47 Å². The van der Waals surface area contributed by atoms with E-state index in [1.165, 1.54) is 0 Å². The average Bonchev–Trinajstić information content (AvgIpc) is 2.79. The van der Waals surface area contributed by atoms with Crippen molar-refractivity contribution in [3.8, 4) is 34.5 Å². The van der Waals surface area contributed by atoms with Gasteiger partial charge in [0, 0.05) is 0 Å². The molecule has 0 bridgehead atoms. The molecule has 0 unspecified atom stereocenters. The maximum atomic E-state index is 5.73. The summed E-state index contributed by atoms with van der Waals surface area (Å²) in [6.07, 6.45) is 0. The molecular formula is C22H30O8. The van der Waals surface area contributed by atoms with E-state index in [1.54, 1.807) is 28.4 Å². The Morgan fingerprint density at radius 3 is 1.07 bits per heavy atom. The molecule has 0 aliphatic rings. The van der Waals surface area contributed by atoms with E-state index in [0.717, 1.165) is 0 Å². The zero-order valence-electron chi connectivity index (χ0n) is 18.0. The third kappa shape index (κ3) is 6.89. The van der Waals surface area contributed by atoms with E-state index in [-0.39, 0.29) is 0 Å². The van der Waals surface area contributed by atoms with E-state index >= 15 is 0 Å². The predicted octanol–water partition coefficient (Wildman–Crippen LogP) is 3.21. The molecule has 30 heavy (non-hydrogen) atoms. The van der Waals surface area contributed by atoms with Crippen molar-refractivity contribution in [1.82, 2.24) is 0 Å². The molecule has 0 fully saturated rings. The minimum absolute atomic E-state index is 0.368. The van der Waals surface area contributed by atoms with Crippen molar-refractivity contribution in [2.24, 2.45) is 0 Å². The highest BCUT2D eigenvalue weighted by Crippen LogP contribution is 2.37. The molecule has 0 aliphatic carbocycles. The predicted molar refractivity (Wildman–Crippen MR) is 112 cm³/mol. The number of benzene rings is 2. The van der Waals surface area contributed by atoms with Crippen molar-refractivity contribution in [2.45, 2.75) is 0 Å². The van der Waals surface area contributed by atoms with Crippen LogP contribution >= 0.6 is 0 Å². The molecule has 0 radical (unpaired) electrons. The molecule has 0 saturated heterocycles. The second-order valence-corrected chi connectivity index (χ2v) is 5.90. The molecule has 2 aromatic carbocycles. The molecule has 0 saturated carbocycles. The van der Waals surface area contributed by atoms with E-state index in [4.69, 9.17) is 37.9 Å². The number of hydrogen-bond donors (Lipinski definition) is 0. The second kappa shape index (κ2) is 13.4. The molecule has 166 valence electrons. The van der Waals surface area contributed by atoms with Gasteiger partial charge in [-0.3, -0.25) is 0 Å². The summed E-state index contributed by atoms with van der Waals surface area (Å²) >= 11 is 0. The third-order valence-corrected chi connectivity index (χ3v) is 4.09. The number of rotatable bonds is 15. The van der Waals surface area contributed by atoms with Crippen molar-refractivity contribution in [1.29, 1.82) is 0 Å². The molecule has 0 heterocycles. The van der Waals surface area contributed by atoms with E-state index in [0.29, 0.717) is 74.1 Å². The average molecular weight is 422 g/mol. The van der Waals surface area contributed by atoms with Crippen LogP contribution in [0.15, 0.2) is 36.4 Å². The molecule has 0 aliphatic heterocycles. The minimum atomic E-state index is 0.368. The van der Waals surface area contributed by atoms with Crippen LogP contribution in [0.5, 0.6) is 34.5 Å².